The second-order valence-electron chi connectivity index (χ2n) is 11.4. The van der Waals surface area contributed by atoms with Gasteiger partial charge in [-0.2, -0.15) is 0 Å². The summed E-state index contributed by atoms with van der Waals surface area (Å²) in [6, 6.07) is 0. The van der Waals surface area contributed by atoms with Crippen LogP contribution in [0, 0.1) is 46.3 Å². The molecule has 3 fully saturated rings. The van der Waals surface area contributed by atoms with Gasteiger partial charge in [-0.05, 0) is 103 Å². The Hall–Kier alpha value is 0.140. The Balaban J connectivity index is 1.71. The molecule has 0 radical (unpaired) electrons. The second-order valence-corrected chi connectivity index (χ2v) is 11.9. The minimum atomic E-state index is -0.260. The number of allylic oxidation sites excluding steroid dienone is 1. The monoisotopic (exact) mass is 454 g/mol. The molecule has 0 heterocycles. The predicted molar refractivity (Wildman–Crippen MR) is 121 cm³/mol. The Labute approximate surface area is 181 Å². The van der Waals surface area contributed by atoms with Crippen LogP contribution in [0.1, 0.15) is 86.0 Å². The highest BCUT2D eigenvalue weighted by Gasteiger charge is 2.55. The highest BCUT2D eigenvalue weighted by molar-refractivity contribution is 9.11. The van der Waals surface area contributed by atoms with E-state index < -0.39 is 0 Å². The van der Waals surface area contributed by atoms with Crippen LogP contribution >= 0.6 is 15.9 Å². The van der Waals surface area contributed by atoms with E-state index in [1.54, 1.807) is 5.57 Å². The summed E-state index contributed by atoms with van der Waals surface area (Å²) in [7, 11) is 0. The molecule has 3 aliphatic rings. The van der Waals surface area contributed by atoms with Gasteiger partial charge in [-0.1, -0.05) is 56.1 Å². The van der Waals surface area contributed by atoms with Crippen molar-refractivity contribution >= 4 is 15.9 Å². The first kappa shape index (κ1) is 22.8. The average Bonchev–Trinajstić information content (AvgIpc) is 3.35. The van der Waals surface area contributed by atoms with Gasteiger partial charge in [0, 0.05) is 6.61 Å². The van der Waals surface area contributed by atoms with Crippen molar-refractivity contribution in [2.45, 2.75) is 92.1 Å². The van der Waals surface area contributed by atoms with Crippen molar-refractivity contribution in [2.75, 3.05) is 6.61 Å². The fourth-order valence-electron chi connectivity index (χ4n) is 7.60. The third-order valence-corrected chi connectivity index (χ3v) is 9.66. The molecule has 0 aromatic rings. The fourth-order valence-corrected chi connectivity index (χ4v) is 8.15. The van der Waals surface area contributed by atoms with E-state index in [4.69, 9.17) is 0 Å². The van der Waals surface area contributed by atoms with Gasteiger partial charge in [-0.15, -0.1) is 0 Å². The molecular formula is C25H43BrO2. The van der Waals surface area contributed by atoms with E-state index in [0.29, 0.717) is 35.0 Å². The maximum Gasteiger partial charge on any atom is 0.0599 e. The van der Waals surface area contributed by atoms with E-state index in [2.05, 4.69) is 55.5 Å². The molecule has 3 saturated carbocycles. The van der Waals surface area contributed by atoms with Crippen molar-refractivity contribution in [3.8, 4) is 0 Å². The van der Waals surface area contributed by atoms with Gasteiger partial charge in [0.2, 0.25) is 0 Å². The summed E-state index contributed by atoms with van der Waals surface area (Å²) in [4.78, 5) is 2.21. The van der Waals surface area contributed by atoms with Gasteiger partial charge in [-0.25, -0.2) is 0 Å². The molecule has 0 aromatic carbocycles. The molecule has 162 valence electrons. The van der Waals surface area contributed by atoms with Gasteiger partial charge in [0.05, 0.1) is 6.10 Å². The smallest absolute Gasteiger partial charge is 0.0599 e. The quantitative estimate of drug-likeness (QED) is 0.436. The highest BCUT2D eigenvalue weighted by atomic mass is 79.9. The topological polar surface area (TPSA) is 40.5 Å². The van der Waals surface area contributed by atoms with Crippen molar-refractivity contribution in [2.24, 2.45) is 46.3 Å². The van der Waals surface area contributed by atoms with E-state index in [9.17, 15) is 10.2 Å². The number of aliphatic hydroxyl groups is 2. The minimum absolute atomic E-state index is 0.0534. The van der Waals surface area contributed by atoms with Crippen LogP contribution in [0.2, 0.25) is 0 Å². The lowest BCUT2D eigenvalue weighted by molar-refractivity contribution is -0.0288. The Morgan fingerprint density at radius 2 is 2.00 bits per heavy atom. The predicted octanol–water partition coefficient (Wildman–Crippen LogP) is 6.55. The molecule has 0 aliphatic heterocycles. The molecule has 2 unspecified atom stereocenters. The first-order chi connectivity index (χ1) is 13.2. The van der Waals surface area contributed by atoms with E-state index in [-0.39, 0.29) is 18.1 Å². The normalized spacial score (nSPS) is 41.0. The lowest BCUT2D eigenvalue weighted by Crippen LogP contribution is -2.41. The van der Waals surface area contributed by atoms with Crippen LogP contribution in [0.5, 0.6) is 0 Å². The van der Waals surface area contributed by atoms with Gasteiger partial charge < -0.3 is 10.2 Å². The van der Waals surface area contributed by atoms with Crippen LogP contribution in [-0.2, 0) is 0 Å². The molecule has 2 nitrogen and oxygen atoms in total. The molecule has 0 bridgehead atoms. The summed E-state index contributed by atoms with van der Waals surface area (Å²) in [6.07, 6.45) is 9.33. The molecule has 0 spiro atoms. The van der Waals surface area contributed by atoms with E-state index >= 15 is 0 Å². The maximum atomic E-state index is 11.4. The zero-order chi connectivity index (χ0) is 20.7. The van der Waals surface area contributed by atoms with Crippen molar-refractivity contribution in [3.63, 3.8) is 0 Å². The summed E-state index contributed by atoms with van der Waals surface area (Å²) in [5, 5.41) is 21.1. The zero-order valence-corrected chi connectivity index (χ0v) is 20.3. The fraction of sp³-hybridized carbons (Fsp3) is 0.920. The van der Waals surface area contributed by atoms with Crippen LogP contribution in [0.4, 0.5) is 0 Å². The van der Waals surface area contributed by atoms with Crippen molar-refractivity contribution in [3.05, 3.63) is 10.6 Å². The minimum Gasteiger partial charge on any atom is -0.396 e. The largest absolute Gasteiger partial charge is 0.396 e. The Morgan fingerprint density at radius 1 is 1.29 bits per heavy atom. The summed E-state index contributed by atoms with van der Waals surface area (Å²) < 4.78 is 0. The van der Waals surface area contributed by atoms with E-state index in [1.807, 2.05) is 0 Å². The standard InChI is InChI=1S/C25H43BrO2/c1-16(2)13-25(5,22-12-19(22)15-27)23(28)11-17(3)20-8-9-21-18(14-26)7-6-10-24(20,21)4/h14,16-17,19-23,27-28H,6-13,15H2,1-5H3/b18-14+/t17-,19?,20-,21+,22?,23-,24-,25+/m1/s1. The van der Waals surface area contributed by atoms with E-state index in [0.717, 1.165) is 25.2 Å². The van der Waals surface area contributed by atoms with Gasteiger partial charge in [0.1, 0.15) is 0 Å². The lowest BCUT2D eigenvalue weighted by Gasteiger charge is -2.46. The number of halogens is 1. The zero-order valence-electron chi connectivity index (χ0n) is 18.8. The van der Waals surface area contributed by atoms with Gasteiger partial charge >= 0.3 is 0 Å². The first-order valence-electron chi connectivity index (χ1n) is 11.8. The number of rotatable bonds is 8. The molecule has 8 atom stereocenters. The number of hydrogen-bond acceptors (Lipinski definition) is 2. The second kappa shape index (κ2) is 8.71. The summed E-state index contributed by atoms with van der Waals surface area (Å²) in [6.45, 7) is 12.1. The SMILES string of the molecule is CC(C)C[C@@](C)(C1CC1CO)[C@H](O)C[C@@H](C)[C@H]1CC[C@H]2/C(=C/Br)CCC[C@]12C. The van der Waals surface area contributed by atoms with Crippen LogP contribution in [0.25, 0.3) is 0 Å². The number of fused-ring (bicyclic) bond motifs is 1. The van der Waals surface area contributed by atoms with Crippen molar-refractivity contribution in [1.29, 1.82) is 0 Å². The van der Waals surface area contributed by atoms with Crippen LogP contribution in [0.15, 0.2) is 10.6 Å². The average molecular weight is 456 g/mol. The lowest BCUT2D eigenvalue weighted by atomic mass is 9.60. The Bertz CT molecular complexity index is 573. The van der Waals surface area contributed by atoms with Crippen LogP contribution in [0.3, 0.4) is 0 Å². The molecule has 3 heteroatoms. The molecule has 2 N–H and O–H groups in total. The summed E-state index contributed by atoms with van der Waals surface area (Å²) in [5.41, 5.74) is 1.97. The number of hydrogen-bond donors (Lipinski definition) is 2. The highest BCUT2D eigenvalue weighted by Crippen LogP contribution is 2.61. The van der Waals surface area contributed by atoms with Gasteiger partial charge in [0.25, 0.3) is 0 Å². The molecule has 3 aliphatic carbocycles. The Kier molecular flexibility index (Phi) is 7.10. The van der Waals surface area contributed by atoms with Gasteiger partial charge in [-0.3, -0.25) is 0 Å². The maximum absolute atomic E-state index is 11.4. The van der Waals surface area contributed by atoms with Crippen LogP contribution in [-0.4, -0.2) is 22.9 Å². The number of aliphatic hydroxyl groups excluding tert-OH is 2. The Morgan fingerprint density at radius 3 is 2.57 bits per heavy atom. The van der Waals surface area contributed by atoms with Crippen molar-refractivity contribution in [1.82, 2.24) is 0 Å². The molecule has 0 amide bonds. The van der Waals surface area contributed by atoms with E-state index in [1.165, 1.54) is 32.1 Å². The van der Waals surface area contributed by atoms with Crippen LogP contribution < -0.4 is 0 Å². The molecular weight excluding hydrogens is 412 g/mol. The third kappa shape index (κ3) is 4.14. The summed E-state index contributed by atoms with van der Waals surface area (Å²) >= 11 is 3.63. The summed E-state index contributed by atoms with van der Waals surface area (Å²) in [5.74, 6) is 3.48. The molecule has 0 aromatic heterocycles. The van der Waals surface area contributed by atoms with Crippen molar-refractivity contribution < 1.29 is 10.2 Å². The van der Waals surface area contributed by atoms with Gasteiger partial charge in [0.15, 0.2) is 0 Å². The molecule has 3 rings (SSSR count). The first-order valence-corrected chi connectivity index (χ1v) is 12.7. The third-order valence-electron chi connectivity index (χ3n) is 9.07. The molecule has 28 heavy (non-hydrogen) atoms. The molecule has 0 saturated heterocycles.